The summed E-state index contributed by atoms with van der Waals surface area (Å²) in [5, 5.41) is 0. The molecule has 0 aliphatic carbocycles. The van der Waals surface area contributed by atoms with E-state index in [9.17, 15) is 8.42 Å². The highest BCUT2D eigenvalue weighted by Gasteiger charge is 2.17. The smallest absolute Gasteiger partial charge is 0.296 e. The molecule has 5 heteroatoms. The molecular formula is C10H15NO3S. The van der Waals surface area contributed by atoms with Crippen LogP contribution < -0.4 is 5.73 Å². The lowest BCUT2D eigenvalue weighted by molar-refractivity contribution is 0.483. The van der Waals surface area contributed by atoms with E-state index in [1.807, 2.05) is 13.8 Å². The highest BCUT2D eigenvalue weighted by Crippen LogP contribution is 2.28. The topological polar surface area (TPSA) is 80.4 Å². The van der Waals surface area contributed by atoms with Crippen molar-refractivity contribution in [3.63, 3.8) is 0 Å². The molecule has 4 nitrogen and oxygen atoms in total. The standard InChI is InChI=1S/C10H15NO3S/c1-6(2)8-4-5-9(15(12,13)14)10(11)7(8)3/h4-6H,11H2,1-3H3,(H,12,13,14). The first kappa shape index (κ1) is 12.0. The van der Waals surface area contributed by atoms with Gasteiger partial charge < -0.3 is 5.73 Å². The van der Waals surface area contributed by atoms with Crippen LogP contribution >= 0.6 is 0 Å². The maximum absolute atomic E-state index is 11.0. The Labute approximate surface area is 89.9 Å². The largest absolute Gasteiger partial charge is 0.397 e. The van der Waals surface area contributed by atoms with Gasteiger partial charge in [-0.25, -0.2) is 0 Å². The molecule has 0 bridgehead atoms. The highest BCUT2D eigenvalue weighted by molar-refractivity contribution is 7.86. The van der Waals surface area contributed by atoms with Crippen molar-refractivity contribution >= 4 is 15.8 Å². The summed E-state index contributed by atoms with van der Waals surface area (Å²) in [6, 6.07) is 3.02. The molecule has 0 atom stereocenters. The second-order valence-electron chi connectivity index (χ2n) is 3.82. The van der Waals surface area contributed by atoms with Crippen LogP contribution in [0.25, 0.3) is 0 Å². The molecule has 0 amide bonds. The Hall–Kier alpha value is -1.07. The van der Waals surface area contributed by atoms with Crippen LogP contribution in [0.1, 0.15) is 30.9 Å². The van der Waals surface area contributed by atoms with E-state index >= 15 is 0 Å². The zero-order valence-corrected chi connectivity index (χ0v) is 9.80. The van der Waals surface area contributed by atoms with Gasteiger partial charge >= 0.3 is 0 Å². The molecule has 0 aliphatic heterocycles. The van der Waals surface area contributed by atoms with Crippen molar-refractivity contribution in [2.45, 2.75) is 31.6 Å². The first-order valence-electron chi connectivity index (χ1n) is 4.61. The van der Waals surface area contributed by atoms with Gasteiger partial charge in [0.2, 0.25) is 0 Å². The van der Waals surface area contributed by atoms with Gasteiger partial charge in [-0.1, -0.05) is 19.9 Å². The minimum absolute atomic E-state index is 0.128. The summed E-state index contributed by atoms with van der Waals surface area (Å²) >= 11 is 0. The molecule has 84 valence electrons. The van der Waals surface area contributed by atoms with Crippen molar-refractivity contribution < 1.29 is 13.0 Å². The summed E-state index contributed by atoms with van der Waals surface area (Å²) in [7, 11) is -4.22. The molecule has 0 radical (unpaired) electrons. The average Bonchev–Trinajstić information content (AvgIpc) is 2.06. The van der Waals surface area contributed by atoms with Crippen LogP contribution in [-0.2, 0) is 10.1 Å². The molecule has 0 aliphatic rings. The van der Waals surface area contributed by atoms with Crippen LogP contribution in [0.3, 0.4) is 0 Å². The van der Waals surface area contributed by atoms with Gasteiger partial charge in [-0.3, -0.25) is 4.55 Å². The molecule has 0 saturated carbocycles. The van der Waals surface area contributed by atoms with Gasteiger partial charge in [0, 0.05) is 0 Å². The quantitative estimate of drug-likeness (QED) is 0.600. The fourth-order valence-electron chi connectivity index (χ4n) is 1.57. The van der Waals surface area contributed by atoms with E-state index in [1.54, 1.807) is 13.0 Å². The van der Waals surface area contributed by atoms with E-state index in [-0.39, 0.29) is 16.5 Å². The van der Waals surface area contributed by atoms with Crippen LogP contribution in [0.5, 0.6) is 0 Å². The van der Waals surface area contributed by atoms with E-state index in [1.165, 1.54) is 6.07 Å². The minimum atomic E-state index is -4.22. The van der Waals surface area contributed by atoms with Crippen LogP contribution in [0, 0.1) is 6.92 Å². The summed E-state index contributed by atoms with van der Waals surface area (Å²) in [5.41, 5.74) is 7.49. The fraction of sp³-hybridized carbons (Fsp3) is 0.400. The normalized spacial score (nSPS) is 12.1. The Kier molecular flexibility index (Phi) is 3.06. The second-order valence-corrected chi connectivity index (χ2v) is 5.21. The van der Waals surface area contributed by atoms with Gasteiger partial charge in [0.15, 0.2) is 0 Å². The van der Waals surface area contributed by atoms with Crippen molar-refractivity contribution in [3.8, 4) is 0 Å². The van der Waals surface area contributed by atoms with Gasteiger partial charge in [-0.2, -0.15) is 8.42 Å². The minimum Gasteiger partial charge on any atom is -0.397 e. The lowest BCUT2D eigenvalue weighted by Crippen LogP contribution is -2.07. The summed E-state index contributed by atoms with van der Waals surface area (Å²) in [6.07, 6.45) is 0. The predicted molar refractivity (Wildman–Crippen MR) is 59.5 cm³/mol. The molecule has 1 aromatic rings. The zero-order chi connectivity index (χ0) is 11.8. The Morgan fingerprint density at radius 2 is 1.87 bits per heavy atom. The Morgan fingerprint density at radius 1 is 1.33 bits per heavy atom. The van der Waals surface area contributed by atoms with E-state index in [0.29, 0.717) is 5.56 Å². The van der Waals surface area contributed by atoms with Crippen LogP contribution in [-0.4, -0.2) is 13.0 Å². The first-order chi connectivity index (χ1) is 6.75. The molecule has 0 aromatic heterocycles. The van der Waals surface area contributed by atoms with Crippen molar-refractivity contribution in [2.75, 3.05) is 5.73 Å². The predicted octanol–water partition coefficient (Wildman–Crippen LogP) is 1.95. The fourth-order valence-corrected chi connectivity index (χ4v) is 2.24. The zero-order valence-electron chi connectivity index (χ0n) is 8.98. The molecule has 0 heterocycles. The van der Waals surface area contributed by atoms with Crippen molar-refractivity contribution in [2.24, 2.45) is 0 Å². The van der Waals surface area contributed by atoms with Crippen molar-refractivity contribution in [3.05, 3.63) is 23.3 Å². The Morgan fingerprint density at radius 3 is 2.27 bits per heavy atom. The lowest BCUT2D eigenvalue weighted by atomic mass is 9.97. The number of nitrogens with two attached hydrogens (primary N) is 1. The van der Waals surface area contributed by atoms with Crippen molar-refractivity contribution in [1.29, 1.82) is 0 Å². The lowest BCUT2D eigenvalue weighted by Gasteiger charge is -2.13. The molecule has 15 heavy (non-hydrogen) atoms. The third-order valence-corrected chi connectivity index (χ3v) is 3.33. The third-order valence-electron chi connectivity index (χ3n) is 2.42. The van der Waals surface area contributed by atoms with Gasteiger partial charge in [-0.15, -0.1) is 0 Å². The third kappa shape index (κ3) is 2.30. The number of hydrogen-bond donors (Lipinski definition) is 2. The molecular weight excluding hydrogens is 214 g/mol. The van der Waals surface area contributed by atoms with E-state index in [0.717, 1.165) is 5.56 Å². The van der Waals surface area contributed by atoms with E-state index in [2.05, 4.69) is 0 Å². The van der Waals surface area contributed by atoms with E-state index in [4.69, 9.17) is 10.3 Å². The molecule has 0 unspecified atom stereocenters. The van der Waals surface area contributed by atoms with Gasteiger partial charge in [0.05, 0.1) is 5.69 Å². The maximum atomic E-state index is 11.0. The number of rotatable bonds is 2. The Bertz CT molecular complexity index is 478. The van der Waals surface area contributed by atoms with Gasteiger partial charge in [-0.05, 0) is 30.0 Å². The van der Waals surface area contributed by atoms with E-state index < -0.39 is 10.1 Å². The molecule has 0 fully saturated rings. The number of hydrogen-bond acceptors (Lipinski definition) is 3. The first-order valence-corrected chi connectivity index (χ1v) is 6.05. The van der Waals surface area contributed by atoms with Crippen LogP contribution in [0.4, 0.5) is 5.69 Å². The molecule has 1 rings (SSSR count). The summed E-state index contributed by atoms with van der Waals surface area (Å²) in [6.45, 7) is 5.74. The summed E-state index contributed by atoms with van der Waals surface area (Å²) in [4.78, 5) is -0.218. The monoisotopic (exact) mass is 229 g/mol. The molecule has 3 N–H and O–H groups in total. The SMILES string of the molecule is Cc1c(C(C)C)ccc(S(=O)(=O)O)c1N. The van der Waals surface area contributed by atoms with Gasteiger partial charge in [0.1, 0.15) is 4.90 Å². The molecule has 1 aromatic carbocycles. The van der Waals surface area contributed by atoms with Crippen LogP contribution in [0.2, 0.25) is 0 Å². The van der Waals surface area contributed by atoms with Crippen LogP contribution in [0.15, 0.2) is 17.0 Å². The maximum Gasteiger partial charge on any atom is 0.296 e. The highest BCUT2D eigenvalue weighted by atomic mass is 32.2. The summed E-state index contributed by atoms with van der Waals surface area (Å²) in [5.74, 6) is 0.266. The molecule has 0 spiro atoms. The molecule has 0 saturated heterocycles. The van der Waals surface area contributed by atoms with Gasteiger partial charge in [0.25, 0.3) is 10.1 Å². The second kappa shape index (κ2) is 3.83. The Balaban J connectivity index is 3.48. The number of nitrogen functional groups attached to an aromatic ring is 1. The summed E-state index contributed by atoms with van der Waals surface area (Å²) < 4.78 is 30.8. The average molecular weight is 229 g/mol. The number of benzene rings is 1. The van der Waals surface area contributed by atoms with Crippen molar-refractivity contribution in [1.82, 2.24) is 0 Å². The number of anilines is 1.